The number of imidazole rings is 1. The van der Waals surface area contributed by atoms with Crippen molar-refractivity contribution in [2.45, 2.75) is 20.3 Å². The van der Waals surface area contributed by atoms with Gasteiger partial charge in [0, 0.05) is 23.4 Å². The smallest absolute Gasteiger partial charge is 0.165 e. The highest BCUT2D eigenvalue weighted by atomic mass is 15.1. The van der Waals surface area contributed by atoms with E-state index >= 15 is 0 Å². The summed E-state index contributed by atoms with van der Waals surface area (Å²) in [6.45, 7) is 4.27. The van der Waals surface area contributed by atoms with Gasteiger partial charge in [-0.15, -0.1) is 0 Å². The number of benzene rings is 3. The van der Waals surface area contributed by atoms with Crippen molar-refractivity contribution in [3.8, 4) is 11.3 Å². The second-order valence-corrected chi connectivity index (χ2v) is 7.56. The summed E-state index contributed by atoms with van der Waals surface area (Å²) in [5.74, 6) is 0.859. The van der Waals surface area contributed by atoms with E-state index in [4.69, 9.17) is 9.98 Å². The number of aryl methyl sites for hydroxylation is 2. The zero-order chi connectivity index (χ0) is 20.5. The third kappa shape index (κ3) is 3.18. The normalized spacial score (nSPS) is 11.7. The van der Waals surface area contributed by atoms with Gasteiger partial charge in [-0.2, -0.15) is 0 Å². The predicted molar refractivity (Wildman–Crippen MR) is 126 cm³/mol. The fourth-order valence-corrected chi connectivity index (χ4v) is 3.91. The van der Waals surface area contributed by atoms with Crippen LogP contribution in [0.3, 0.4) is 0 Å². The number of aliphatic imine (C=N–C) groups is 1. The zero-order valence-corrected chi connectivity index (χ0v) is 17.2. The van der Waals surface area contributed by atoms with Crippen LogP contribution in [0.25, 0.3) is 27.7 Å². The Hall–Kier alpha value is -3.72. The number of hydrogen-bond acceptors (Lipinski definition) is 2. The van der Waals surface area contributed by atoms with Crippen LogP contribution in [0.15, 0.2) is 90.1 Å². The molecule has 0 atom stereocenters. The summed E-state index contributed by atoms with van der Waals surface area (Å²) in [6, 6.07) is 27.4. The SMILES string of the molecule is CCc1ccccc1-c1nc2c3ccccc3ccn2c1N=Cc1ccc(C)cc1. The Morgan fingerprint density at radius 3 is 2.50 bits per heavy atom. The van der Waals surface area contributed by atoms with Crippen molar-refractivity contribution in [1.29, 1.82) is 0 Å². The molecule has 0 aliphatic rings. The lowest BCUT2D eigenvalue weighted by atomic mass is 10.0. The highest BCUT2D eigenvalue weighted by Gasteiger charge is 2.17. The number of pyridine rings is 1. The molecule has 5 aromatic rings. The maximum atomic E-state index is 5.10. The largest absolute Gasteiger partial charge is 0.284 e. The molecule has 0 unspecified atom stereocenters. The maximum absolute atomic E-state index is 5.10. The van der Waals surface area contributed by atoms with Crippen LogP contribution in [0.5, 0.6) is 0 Å². The first-order chi connectivity index (χ1) is 14.7. The molecule has 0 spiro atoms. The molecule has 30 heavy (non-hydrogen) atoms. The Bertz CT molecular complexity index is 1370. The summed E-state index contributed by atoms with van der Waals surface area (Å²) in [5, 5.41) is 2.31. The summed E-state index contributed by atoms with van der Waals surface area (Å²) in [6.07, 6.45) is 4.95. The summed E-state index contributed by atoms with van der Waals surface area (Å²) < 4.78 is 2.11. The van der Waals surface area contributed by atoms with Crippen molar-refractivity contribution >= 4 is 28.5 Å². The summed E-state index contributed by atoms with van der Waals surface area (Å²) >= 11 is 0. The van der Waals surface area contributed by atoms with Crippen molar-refractivity contribution in [1.82, 2.24) is 9.38 Å². The molecule has 3 aromatic carbocycles. The van der Waals surface area contributed by atoms with Gasteiger partial charge in [-0.1, -0.05) is 85.3 Å². The minimum Gasteiger partial charge on any atom is -0.284 e. The highest BCUT2D eigenvalue weighted by Crippen LogP contribution is 2.35. The van der Waals surface area contributed by atoms with Gasteiger partial charge in [0.25, 0.3) is 0 Å². The first-order valence-corrected chi connectivity index (χ1v) is 10.3. The van der Waals surface area contributed by atoms with Crippen molar-refractivity contribution in [2.24, 2.45) is 4.99 Å². The molecule has 0 radical (unpaired) electrons. The van der Waals surface area contributed by atoms with Gasteiger partial charge in [-0.3, -0.25) is 4.40 Å². The standard InChI is InChI=1S/C27H23N3/c1-3-21-8-4-6-10-23(21)25-27(28-18-20-14-12-19(2)13-15-20)30-17-16-22-9-5-7-11-24(22)26(30)29-25/h4-18H,3H2,1-2H3. The summed E-state index contributed by atoms with van der Waals surface area (Å²) in [5.41, 5.74) is 6.59. The van der Waals surface area contributed by atoms with E-state index in [2.05, 4.69) is 103 Å². The van der Waals surface area contributed by atoms with E-state index in [1.807, 2.05) is 6.21 Å². The minimum atomic E-state index is 0.859. The molecule has 0 saturated carbocycles. The number of fused-ring (bicyclic) bond motifs is 3. The number of hydrogen-bond donors (Lipinski definition) is 0. The van der Waals surface area contributed by atoms with Crippen LogP contribution in [0, 0.1) is 6.92 Å². The van der Waals surface area contributed by atoms with Crippen molar-refractivity contribution in [3.05, 3.63) is 102 Å². The lowest BCUT2D eigenvalue weighted by Gasteiger charge is -2.06. The predicted octanol–water partition coefficient (Wildman–Crippen LogP) is 6.78. The number of aromatic nitrogens is 2. The number of nitrogens with zero attached hydrogens (tertiary/aromatic N) is 3. The van der Waals surface area contributed by atoms with Crippen LogP contribution in [0.1, 0.15) is 23.6 Å². The lowest BCUT2D eigenvalue weighted by molar-refractivity contribution is 1.14. The Morgan fingerprint density at radius 2 is 1.67 bits per heavy atom. The Morgan fingerprint density at radius 1 is 0.900 bits per heavy atom. The van der Waals surface area contributed by atoms with Crippen molar-refractivity contribution in [3.63, 3.8) is 0 Å². The second-order valence-electron chi connectivity index (χ2n) is 7.56. The van der Waals surface area contributed by atoms with Crippen LogP contribution in [-0.2, 0) is 6.42 Å². The van der Waals surface area contributed by atoms with Gasteiger partial charge in [0.2, 0.25) is 0 Å². The van der Waals surface area contributed by atoms with Gasteiger partial charge in [0.05, 0.1) is 0 Å². The van der Waals surface area contributed by atoms with Gasteiger partial charge in [-0.05, 0) is 35.9 Å². The molecule has 0 fully saturated rings. The van der Waals surface area contributed by atoms with Crippen LogP contribution in [0.2, 0.25) is 0 Å². The molecule has 0 saturated heterocycles. The monoisotopic (exact) mass is 389 g/mol. The van der Waals surface area contributed by atoms with Gasteiger partial charge in [-0.25, -0.2) is 9.98 Å². The molecular formula is C27H23N3. The highest BCUT2D eigenvalue weighted by molar-refractivity contribution is 5.97. The van der Waals surface area contributed by atoms with Gasteiger partial charge in [0.1, 0.15) is 11.3 Å². The Balaban J connectivity index is 1.77. The molecule has 0 N–H and O–H groups in total. The second kappa shape index (κ2) is 7.60. The molecule has 0 aliphatic heterocycles. The van der Waals surface area contributed by atoms with Crippen LogP contribution < -0.4 is 0 Å². The maximum Gasteiger partial charge on any atom is 0.165 e. The van der Waals surface area contributed by atoms with Crippen LogP contribution in [0.4, 0.5) is 5.82 Å². The first kappa shape index (κ1) is 18.3. The average molecular weight is 390 g/mol. The third-order valence-corrected chi connectivity index (χ3v) is 5.56. The molecule has 5 rings (SSSR count). The number of rotatable bonds is 4. The Kier molecular flexibility index (Phi) is 4.64. The van der Waals surface area contributed by atoms with E-state index in [9.17, 15) is 0 Å². The van der Waals surface area contributed by atoms with Gasteiger partial charge >= 0.3 is 0 Å². The molecular weight excluding hydrogens is 366 g/mol. The summed E-state index contributed by atoms with van der Waals surface area (Å²) in [7, 11) is 0. The average Bonchev–Trinajstić information content (AvgIpc) is 3.17. The van der Waals surface area contributed by atoms with E-state index in [0.29, 0.717) is 0 Å². The van der Waals surface area contributed by atoms with E-state index < -0.39 is 0 Å². The van der Waals surface area contributed by atoms with Crippen LogP contribution >= 0.6 is 0 Å². The molecule has 146 valence electrons. The molecule has 0 bridgehead atoms. The topological polar surface area (TPSA) is 29.7 Å². The van der Waals surface area contributed by atoms with E-state index in [0.717, 1.165) is 40.1 Å². The van der Waals surface area contributed by atoms with Crippen molar-refractivity contribution < 1.29 is 0 Å². The minimum absolute atomic E-state index is 0.859. The lowest BCUT2D eigenvalue weighted by Crippen LogP contribution is -1.89. The van der Waals surface area contributed by atoms with E-state index in [1.54, 1.807) is 0 Å². The molecule has 2 heterocycles. The van der Waals surface area contributed by atoms with Gasteiger partial charge in [0.15, 0.2) is 5.82 Å². The van der Waals surface area contributed by atoms with Gasteiger partial charge < -0.3 is 0 Å². The Labute approximate surface area is 176 Å². The van der Waals surface area contributed by atoms with Crippen LogP contribution in [-0.4, -0.2) is 15.6 Å². The molecule has 2 aromatic heterocycles. The molecule has 3 nitrogen and oxygen atoms in total. The molecule has 0 amide bonds. The zero-order valence-electron chi connectivity index (χ0n) is 17.2. The fraction of sp³-hybridized carbons (Fsp3) is 0.111. The fourth-order valence-electron chi connectivity index (χ4n) is 3.91. The first-order valence-electron chi connectivity index (χ1n) is 10.3. The quantitative estimate of drug-likeness (QED) is 0.312. The molecule has 0 aliphatic carbocycles. The van der Waals surface area contributed by atoms with E-state index in [-0.39, 0.29) is 0 Å². The van der Waals surface area contributed by atoms with Crippen molar-refractivity contribution in [2.75, 3.05) is 0 Å². The summed E-state index contributed by atoms with van der Waals surface area (Å²) in [4.78, 5) is 10.0. The molecule has 3 heteroatoms. The third-order valence-electron chi connectivity index (χ3n) is 5.56. The van der Waals surface area contributed by atoms with E-state index in [1.165, 1.54) is 16.5 Å².